The molecule has 0 aromatic carbocycles. The maximum absolute atomic E-state index is 12.1. The third kappa shape index (κ3) is 3.67. The van der Waals surface area contributed by atoms with Gasteiger partial charge in [0.2, 0.25) is 0 Å². The van der Waals surface area contributed by atoms with E-state index < -0.39 is 17.8 Å². The highest BCUT2D eigenvalue weighted by molar-refractivity contribution is 7.17. The molecule has 26 heavy (non-hydrogen) atoms. The molecule has 0 saturated heterocycles. The number of thiophene rings is 1. The summed E-state index contributed by atoms with van der Waals surface area (Å²) in [6.45, 7) is 1.78. The maximum atomic E-state index is 12.1. The predicted molar refractivity (Wildman–Crippen MR) is 95.5 cm³/mol. The van der Waals surface area contributed by atoms with Crippen LogP contribution in [0.15, 0.2) is 21.7 Å². The van der Waals surface area contributed by atoms with Gasteiger partial charge in [-0.3, -0.25) is 9.59 Å². The molecule has 136 valence electrons. The average Bonchev–Trinajstić information content (AvgIpc) is 3.30. The Morgan fingerprint density at radius 3 is 2.77 bits per heavy atom. The minimum Gasteiger partial charge on any atom is -0.465 e. The molecule has 0 spiro atoms. The Bertz CT molecular complexity index is 896. The fraction of sp³-hybridized carbons (Fsp3) is 0.294. The van der Waals surface area contributed by atoms with Gasteiger partial charge in [-0.2, -0.15) is 5.10 Å². The summed E-state index contributed by atoms with van der Waals surface area (Å²) in [5.74, 6) is -1.23. The first-order chi connectivity index (χ1) is 12.5. The molecule has 0 fully saturated rings. The fourth-order valence-corrected chi connectivity index (χ4v) is 3.97. The third-order valence-electron chi connectivity index (χ3n) is 3.86. The highest BCUT2D eigenvalue weighted by atomic mass is 32.1. The molecule has 0 unspecified atom stereocenters. The van der Waals surface area contributed by atoms with Gasteiger partial charge in [0.15, 0.2) is 0 Å². The molecule has 8 nitrogen and oxygen atoms in total. The summed E-state index contributed by atoms with van der Waals surface area (Å²) in [4.78, 5) is 37.0. The standard InChI is InChI=1S/C17H17N3O5S/c1-9-6-7-10(25-9)8-18-20-15(22)14(21)19-16-13(17(23)24-2)11-4-3-5-12(11)26-16/h6-8H,3-5H2,1-2H3,(H,19,21)(H,20,22). The predicted octanol–water partition coefficient (Wildman–Crippen LogP) is 2.01. The second kappa shape index (κ2) is 7.52. The van der Waals surface area contributed by atoms with Gasteiger partial charge in [0.25, 0.3) is 0 Å². The minimum absolute atomic E-state index is 0.326. The first kappa shape index (κ1) is 17.9. The van der Waals surface area contributed by atoms with Crippen molar-refractivity contribution in [3.8, 4) is 0 Å². The van der Waals surface area contributed by atoms with Crippen molar-refractivity contribution >= 4 is 40.3 Å². The van der Waals surface area contributed by atoms with Gasteiger partial charge in [0.1, 0.15) is 16.5 Å². The lowest BCUT2D eigenvalue weighted by Gasteiger charge is -2.06. The number of esters is 1. The Balaban J connectivity index is 1.67. The molecule has 0 aliphatic heterocycles. The van der Waals surface area contributed by atoms with Gasteiger partial charge in [0, 0.05) is 4.88 Å². The van der Waals surface area contributed by atoms with Gasteiger partial charge >= 0.3 is 17.8 Å². The summed E-state index contributed by atoms with van der Waals surface area (Å²) in [6, 6.07) is 3.43. The topological polar surface area (TPSA) is 110 Å². The van der Waals surface area contributed by atoms with Gasteiger partial charge in [-0.05, 0) is 43.9 Å². The Morgan fingerprint density at radius 2 is 2.08 bits per heavy atom. The van der Waals surface area contributed by atoms with Crippen molar-refractivity contribution in [2.75, 3.05) is 12.4 Å². The Kier molecular flexibility index (Phi) is 5.17. The van der Waals surface area contributed by atoms with E-state index in [4.69, 9.17) is 9.15 Å². The average molecular weight is 375 g/mol. The van der Waals surface area contributed by atoms with E-state index in [1.807, 2.05) is 0 Å². The Labute approximate surface area is 153 Å². The van der Waals surface area contributed by atoms with Crippen LogP contribution in [0.1, 0.15) is 38.7 Å². The lowest BCUT2D eigenvalue weighted by atomic mass is 10.1. The number of furan rings is 1. The van der Waals surface area contributed by atoms with Gasteiger partial charge < -0.3 is 14.5 Å². The van der Waals surface area contributed by atoms with Crippen LogP contribution >= 0.6 is 11.3 Å². The van der Waals surface area contributed by atoms with Gasteiger partial charge in [-0.1, -0.05) is 0 Å². The van der Waals surface area contributed by atoms with Gasteiger partial charge in [-0.15, -0.1) is 11.3 Å². The number of hydrogen-bond donors (Lipinski definition) is 2. The van der Waals surface area contributed by atoms with Crippen molar-refractivity contribution in [3.63, 3.8) is 0 Å². The van der Waals surface area contributed by atoms with Crippen molar-refractivity contribution in [1.82, 2.24) is 5.43 Å². The molecule has 2 aromatic rings. The van der Waals surface area contributed by atoms with Crippen LogP contribution in [0, 0.1) is 6.92 Å². The highest BCUT2D eigenvalue weighted by Crippen LogP contribution is 2.39. The van der Waals surface area contributed by atoms with Crippen LogP contribution in [-0.4, -0.2) is 31.1 Å². The number of amides is 2. The largest absolute Gasteiger partial charge is 0.465 e. The van der Waals surface area contributed by atoms with E-state index in [9.17, 15) is 14.4 Å². The van der Waals surface area contributed by atoms with Gasteiger partial charge in [0.05, 0.1) is 18.9 Å². The summed E-state index contributed by atoms with van der Waals surface area (Å²) < 4.78 is 10.1. The van der Waals surface area contributed by atoms with E-state index >= 15 is 0 Å². The zero-order valence-corrected chi connectivity index (χ0v) is 15.1. The molecule has 1 aliphatic rings. The molecule has 1 aliphatic carbocycles. The first-order valence-electron chi connectivity index (χ1n) is 7.93. The first-order valence-corrected chi connectivity index (χ1v) is 8.75. The van der Waals surface area contributed by atoms with Crippen LogP contribution in [0.3, 0.4) is 0 Å². The van der Waals surface area contributed by atoms with E-state index in [-0.39, 0.29) is 0 Å². The minimum atomic E-state index is -0.950. The van der Waals surface area contributed by atoms with Crippen molar-refractivity contribution in [3.05, 3.63) is 39.7 Å². The summed E-state index contributed by atoms with van der Waals surface area (Å²) in [5.41, 5.74) is 3.35. The van der Waals surface area contributed by atoms with Crippen molar-refractivity contribution in [2.24, 2.45) is 5.10 Å². The number of ether oxygens (including phenoxy) is 1. The molecular weight excluding hydrogens is 358 g/mol. The summed E-state index contributed by atoms with van der Waals surface area (Å²) in [5, 5.41) is 6.48. The zero-order chi connectivity index (χ0) is 18.7. The Hall–Kier alpha value is -2.94. The van der Waals surface area contributed by atoms with E-state index in [1.165, 1.54) is 24.7 Å². The number of methoxy groups -OCH3 is 1. The number of nitrogens with one attached hydrogen (secondary N) is 2. The van der Waals surface area contributed by atoms with Crippen molar-refractivity contribution in [2.45, 2.75) is 26.2 Å². The van der Waals surface area contributed by atoms with Crippen LogP contribution in [0.4, 0.5) is 5.00 Å². The molecule has 9 heteroatoms. The molecule has 2 heterocycles. The molecule has 0 saturated carbocycles. The van der Waals surface area contributed by atoms with Crippen LogP contribution in [0.2, 0.25) is 0 Å². The SMILES string of the molecule is COC(=O)c1c(NC(=O)C(=O)NN=Cc2ccc(C)o2)sc2c1CCC2. The second-order valence-corrected chi connectivity index (χ2v) is 6.76. The number of anilines is 1. The van der Waals surface area contributed by atoms with Crippen LogP contribution in [0.5, 0.6) is 0 Å². The number of carbonyl (C=O) groups is 3. The van der Waals surface area contributed by atoms with Crippen LogP contribution < -0.4 is 10.7 Å². The van der Waals surface area contributed by atoms with Crippen molar-refractivity contribution in [1.29, 1.82) is 0 Å². The number of hydrogen-bond acceptors (Lipinski definition) is 7. The Morgan fingerprint density at radius 1 is 1.27 bits per heavy atom. The van der Waals surface area contributed by atoms with Crippen LogP contribution in [-0.2, 0) is 27.2 Å². The summed E-state index contributed by atoms with van der Waals surface area (Å²) in [6.07, 6.45) is 3.85. The third-order valence-corrected chi connectivity index (χ3v) is 5.07. The second-order valence-electron chi connectivity index (χ2n) is 5.65. The normalized spacial score (nSPS) is 12.8. The quantitative estimate of drug-likeness (QED) is 0.368. The van der Waals surface area contributed by atoms with E-state index in [0.29, 0.717) is 22.1 Å². The number of nitrogens with zero attached hydrogens (tertiary/aromatic N) is 1. The maximum Gasteiger partial charge on any atom is 0.341 e. The van der Waals surface area contributed by atoms with Crippen molar-refractivity contribution < 1.29 is 23.5 Å². The van der Waals surface area contributed by atoms with E-state index in [2.05, 4.69) is 15.8 Å². The number of rotatable bonds is 4. The number of hydrazone groups is 1. The highest BCUT2D eigenvalue weighted by Gasteiger charge is 2.29. The zero-order valence-electron chi connectivity index (χ0n) is 14.3. The lowest BCUT2D eigenvalue weighted by Crippen LogP contribution is -2.32. The smallest absolute Gasteiger partial charge is 0.341 e. The molecule has 0 radical (unpaired) electrons. The monoisotopic (exact) mass is 375 g/mol. The number of fused-ring (bicyclic) bond motifs is 1. The van der Waals surface area contributed by atoms with Gasteiger partial charge in [-0.25, -0.2) is 10.2 Å². The number of aryl methyl sites for hydroxylation is 2. The number of carbonyl (C=O) groups excluding carboxylic acids is 3. The molecule has 0 bridgehead atoms. The fourth-order valence-electron chi connectivity index (χ4n) is 2.70. The summed E-state index contributed by atoms with van der Waals surface area (Å²) in [7, 11) is 1.28. The molecule has 2 aromatic heterocycles. The molecule has 2 amide bonds. The molecular formula is C17H17N3O5S. The summed E-state index contributed by atoms with van der Waals surface area (Å²) >= 11 is 1.30. The molecule has 0 atom stereocenters. The molecule has 3 rings (SSSR count). The van der Waals surface area contributed by atoms with Crippen LogP contribution in [0.25, 0.3) is 0 Å². The van der Waals surface area contributed by atoms with E-state index in [0.717, 1.165) is 29.7 Å². The van der Waals surface area contributed by atoms with E-state index in [1.54, 1.807) is 19.1 Å². The lowest BCUT2D eigenvalue weighted by molar-refractivity contribution is -0.136. The molecule has 2 N–H and O–H groups in total.